The predicted octanol–water partition coefficient (Wildman–Crippen LogP) is 1.10. The average Bonchev–Trinajstić information content (AvgIpc) is 2.91. The van der Waals surface area contributed by atoms with Crippen molar-refractivity contribution in [3.05, 3.63) is 32.6 Å². The van der Waals surface area contributed by atoms with E-state index in [0.29, 0.717) is 4.57 Å². The number of ketones is 1. The van der Waals surface area contributed by atoms with E-state index in [1.807, 2.05) is 0 Å². The summed E-state index contributed by atoms with van der Waals surface area (Å²) in [6.07, 6.45) is -4.71. The second kappa shape index (κ2) is 5.48. The first kappa shape index (κ1) is 5.35. The number of aryl methyl sites for hydroxylation is 2. The van der Waals surface area contributed by atoms with Crippen molar-refractivity contribution in [2.24, 2.45) is 6.98 Å². The van der Waals surface area contributed by atoms with Crippen LogP contribution in [0.2, 0.25) is 0 Å². The van der Waals surface area contributed by atoms with E-state index in [9.17, 15) is 14.4 Å². The van der Waals surface area contributed by atoms with Gasteiger partial charge in [0.1, 0.15) is 11.4 Å². The van der Waals surface area contributed by atoms with Crippen LogP contribution in [-0.4, -0.2) is 19.9 Å². The Kier molecular flexibility index (Phi) is 1.47. The number of rotatable bonds is 5. The maximum Gasteiger partial charge on any atom is 0.332 e. The number of aromatic nitrogens is 3. The fourth-order valence-electron chi connectivity index (χ4n) is 1.82. The first-order chi connectivity index (χ1) is 14.2. The minimum atomic E-state index is -3.21. The van der Waals surface area contributed by atoms with Crippen molar-refractivity contribution in [3.63, 3.8) is 0 Å². The molecule has 0 bridgehead atoms. The molecule has 2 rings (SSSR count). The van der Waals surface area contributed by atoms with Gasteiger partial charge in [0.2, 0.25) is 0 Å². The summed E-state index contributed by atoms with van der Waals surface area (Å²) in [5.41, 5.74) is -4.03. The van der Waals surface area contributed by atoms with Crippen molar-refractivity contribution in [1.29, 1.82) is 0 Å². The molecule has 0 spiro atoms. The van der Waals surface area contributed by atoms with Gasteiger partial charge in [-0.2, -0.15) is 0 Å². The number of carbonyl (C=O) groups is 1. The lowest BCUT2D eigenvalue weighted by Gasteiger charge is -2.08. The molecule has 0 aliphatic heterocycles. The van der Waals surface area contributed by atoms with Crippen LogP contribution in [0.4, 0.5) is 0 Å². The molecule has 0 fully saturated rings. The lowest BCUT2D eigenvalue weighted by molar-refractivity contribution is -0.117. The Labute approximate surface area is 132 Å². The van der Waals surface area contributed by atoms with Crippen LogP contribution in [0.25, 0.3) is 11.0 Å². The molecule has 0 saturated carbocycles. The van der Waals surface area contributed by atoms with Crippen LogP contribution in [0.15, 0.2) is 15.8 Å². The Bertz CT molecular complexity index is 1160. The van der Waals surface area contributed by atoms with Crippen LogP contribution in [0.3, 0.4) is 0 Å². The Morgan fingerprint density at radius 2 is 2.35 bits per heavy atom. The Morgan fingerprint density at radius 1 is 1.50 bits per heavy atom. The fraction of sp³-hybridized carbons (Fsp3) is 0.500. The topological polar surface area (TPSA) is 76.9 Å². The van der Waals surface area contributed by atoms with E-state index in [1.165, 1.54) is 0 Å². The number of hydrogen-bond donors (Lipinski definition) is 1. The van der Waals surface area contributed by atoms with Gasteiger partial charge < -0.3 is 9.78 Å². The van der Waals surface area contributed by atoms with E-state index in [4.69, 9.17) is 16.4 Å². The molecule has 20 heavy (non-hydrogen) atoms. The van der Waals surface area contributed by atoms with E-state index >= 15 is 0 Å². The zero-order valence-corrected chi connectivity index (χ0v) is 10.2. The number of Topliss-reactive ketones (excluding diaryl/α,β-unsaturated/α-hetero) is 1. The molecule has 0 saturated heterocycles. The van der Waals surface area contributed by atoms with Crippen molar-refractivity contribution < 1.29 is 21.2 Å². The van der Waals surface area contributed by atoms with Crippen LogP contribution >= 0.6 is 0 Å². The standard InChI is InChI=1S/C14H19N3O3/c1-9-8-15-12-11(9)13(19)17(14(20)16(12)3)7-5-4-6-10(2)18/h8,15H,4-7H2,1-3H3/i1D3,2D3,3D3,6D2,8D. The summed E-state index contributed by atoms with van der Waals surface area (Å²) in [6.45, 7) is -10.00. The van der Waals surface area contributed by atoms with Gasteiger partial charge in [0, 0.05) is 41.1 Å². The molecule has 6 heteroatoms. The van der Waals surface area contributed by atoms with Gasteiger partial charge in [-0.3, -0.25) is 13.9 Å². The van der Waals surface area contributed by atoms with Crippen molar-refractivity contribution in [1.82, 2.24) is 14.1 Å². The number of nitrogens with one attached hydrogen (secondary N) is 1. The largest absolute Gasteiger partial charge is 0.347 e. The van der Waals surface area contributed by atoms with E-state index in [-0.39, 0.29) is 4.57 Å². The third-order valence-electron chi connectivity index (χ3n) is 2.74. The molecule has 0 unspecified atom stereocenters. The molecule has 2 aromatic heterocycles. The molecule has 2 aromatic rings. The minimum Gasteiger partial charge on any atom is -0.347 e. The number of H-pyrrole nitrogens is 1. The predicted molar refractivity (Wildman–Crippen MR) is 77.1 cm³/mol. The molecule has 6 nitrogen and oxygen atoms in total. The normalized spacial score (nSPS) is 22.6. The molecule has 0 atom stereocenters. The summed E-state index contributed by atoms with van der Waals surface area (Å²) in [7, 11) is 0. The molecule has 2 heterocycles. The lowest BCUT2D eigenvalue weighted by Crippen LogP contribution is -2.39. The van der Waals surface area contributed by atoms with Gasteiger partial charge >= 0.3 is 5.69 Å². The van der Waals surface area contributed by atoms with E-state index in [0.717, 1.165) is 0 Å². The average molecular weight is 289 g/mol. The summed E-state index contributed by atoms with van der Waals surface area (Å²) in [5.74, 6) is -1.66. The van der Waals surface area contributed by atoms with Gasteiger partial charge in [-0.25, -0.2) is 4.79 Å². The zero-order valence-electron chi connectivity index (χ0n) is 22.2. The summed E-state index contributed by atoms with van der Waals surface area (Å²) >= 11 is 0. The Balaban J connectivity index is 2.65. The maximum atomic E-state index is 12.9. The maximum absolute atomic E-state index is 12.9. The number of fused-ring (bicyclic) bond motifs is 1. The SMILES string of the molecule is [2H]c1[nH]c2c(c1C([2H])([2H])[2H])c(=O)n(CCCC([2H])([2H])C(=O)C([2H])([2H])[2H])c(=O)n2C([2H])([2H])[2H]. The molecular weight excluding hydrogens is 258 g/mol. The van der Waals surface area contributed by atoms with Crippen molar-refractivity contribution >= 4 is 16.8 Å². The van der Waals surface area contributed by atoms with Gasteiger partial charge in [0.15, 0.2) is 0 Å². The molecular formula is C14H19N3O3. The van der Waals surface area contributed by atoms with Crippen LogP contribution in [0.1, 0.15) is 48.1 Å². The molecule has 0 amide bonds. The van der Waals surface area contributed by atoms with Gasteiger partial charge in [-0.15, -0.1) is 0 Å². The first-order valence-corrected chi connectivity index (χ1v) is 5.65. The van der Waals surface area contributed by atoms with Gasteiger partial charge in [0.25, 0.3) is 5.56 Å². The van der Waals surface area contributed by atoms with Crippen molar-refractivity contribution in [2.75, 3.05) is 0 Å². The van der Waals surface area contributed by atoms with Gasteiger partial charge in [0.05, 0.1) is 6.76 Å². The van der Waals surface area contributed by atoms with E-state index in [1.54, 1.807) is 0 Å². The Morgan fingerprint density at radius 3 is 3.05 bits per heavy atom. The summed E-state index contributed by atoms with van der Waals surface area (Å²) in [4.78, 5) is 39.6. The van der Waals surface area contributed by atoms with Crippen molar-refractivity contribution in [3.8, 4) is 0 Å². The molecule has 0 aromatic carbocycles. The van der Waals surface area contributed by atoms with Gasteiger partial charge in [-0.05, 0) is 32.1 Å². The number of carbonyl (C=O) groups excluding carboxylic acids is 1. The second-order valence-electron chi connectivity index (χ2n) is 4.03. The van der Waals surface area contributed by atoms with Crippen LogP contribution < -0.4 is 11.2 Å². The summed E-state index contributed by atoms with van der Waals surface area (Å²) in [6, 6.07) is 0. The molecule has 0 radical (unpaired) electrons. The number of hydrogen-bond acceptors (Lipinski definition) is 3. The number of nitrogens with zero attached hydrogens (tertiary/aromatic N) is 2. The van der Waals surface area contributed by atoms with E-state index in [2.05, 4.69) is 4.98 Å². The third-order valence-corrected chi connectivity index (χ3v) is 2.74. The molecule has 1 N–H and O–H groups in total. The fourth-order valence-corrected chi connectivity index (χ4v) is 1.82. The highest BCUT2D eigenvalue weighted by Gasteiger charge is 2.13. The van der Waals surface area contributed by atoms with Gasteiger partial charge in [-0.1, -0.05) is 0 Å². The minimum absolute atomic E-state index is 0.152. The van der Waals surface area contributed by atoms with Crippen LogP contribution in [0.5, 0.6) is 0 Å². The highest BCUT2D eigenvalue weighted by atomic mass is 16.2. The first-order valence-electron chi connectivity index (χ1n) is 11.7. The highest BCUT2D eigenvalue weighted by Crippen LogP contribution is 2.10. The third kappa shape index (κ3) is 2.45. The second-order valence-corrected chi connectivity index (χ2v) is 4.03. The Hall–Kier alpha value is -2.11. The van der Waals surface area contributed by atoms with E-state index < -0.39 is 86.2 Å². The highest BCUT2D eigenvalue weighted by molar-refractivity contribution is 5.78. The monoisotopic (exact) mass is 289 g/mol. The summed E-state index contributed by atoms with van der Waals surface area (Å²) < 4.78 is 90.2. The molecule has 0 aliphatic rings. The van der Waals surface area contributed by atoms with Crippen LogP contribution in [0, 0.1) is 6.85 Å². The molecule has 108 valence electrons. The smallest absolute Gasteiger partial charge is 0.332 e. The summed E-state index contributed by atoms with van der Waals surface area (Å²) in [5, 5.41) is -0.702. The lowest BCUT2D eigenvalue weighted by atomic mass is 10.2. The molecule has 0 aliphatic carbocycles. The quantitative estimate of drug-likeness (QED) is 0.895. The van der Waals surface area contributed by atoms with Crippen molar-refractivity contribution in [2.45, 2.75) is 39.5 Å². The number of aromatic amines is 1. The zero-order chi connectivity index (χ0) is 25.0. The van der Waals surface area contributed by atoms with Crippen LogP contribution in [-0.2, 0) is 18.3 Å².